The van der Waals surface area contributed by atoms with Crippen molar-refractivity contribution >= 4 is 65.9 Å². The first-order valence-corrected chi connectivity index (χ1v) is 22.6. The maximum absolute atomic E-state index is 11.7. The first-order chi connectivity index (χ1) is 27.7. The number of ketones is 1. The summed E-state index contributed by atoms with van der Waals surface area (Å²) in [6.45, 7) is 17.6. The molecule has 21 heteroatoms. The van der Waals surface area contributed by atoms with E-state index in [0.717, 1.165) is 0 Å². The normalized spacial score (nSPS) is 26.8. The molecule has 10 unspecified atom stereocenters. The van der Waals surface area contributed by atoms with Crippen LogP contribution < -0.4 is 0 Å². The molecule has 2 saturated heterocycles. The third-order valence-electron chi connectivity index (χ3n) is 6.87. The molecule has 318 valence electrons. The number of hydrogen-bond donors (Lipinski definition) is 2. The van der Waals surface area contributed by atoms with Crippen molar-refractivity contribution in [1.82, 2.24) is 4.67 Å². The molecule has 2 aliphatic rings. The van der Waals surface area contributed by atoms with Gasteiger partial charge in [-0.2, -0.15) is 5.26 Å². The summed E-state index contributed by atoms with van der Waals surface area (Å²) >= 11 is 0. The summed E-state index contributed by atoms with van der Waals surface area (Å²) in [5.41, 5.74) is 0. The van der Waals surface area contributed by atoms with E-state index in [4.69, 9.17) is 68.3 Å². The fraction of sp³-hybridized carbons (Fsp3) is 0.912. The molecule has 0 saturated carbocycles. The van der Waals surface area contributed by atoms with E-state index in [1.54, 1.807) is 28.7 Å². The second-order valence-electron chi connectivity index (χ2n) is 13.1. The van der Waals surface area contributed by atoms with Crippen molar-refractivity contribution in [1.29, 1.82) is 8.12 Å². The highest BCUT2D eigenvalue weighted by Gasteiger charge is 2.45. The molecule has 4 radical (unpaired) electrons. The second-order valence-corrected chi connectivity index (χ2v) is 19.0. The summed E-state index contributed by atoms with van der Waals surface area (Å²) < 4.78 is 79.9. The Morgan fingerprint density at radius 3 is 1.98 bits per heavy atom. The Morgan fingerprint density at radius 1 is 1.00 bits per heavy atom. The highest BCUT2D eigenvalue weighted by molar-refractivity contribution is 8.77. The molecule has 0 spiro atoms. The van der Waals surface area contributed by atoms with Crippen molar-refractivity contribution in [2.24, 2.45) is 0 Å². The molecule has 0 aliphatic carbocycles. The average molecular weight is 865 g/mol. The zero-order chi connectivity index (χ0) is 45.7. The van der Waals surface area contributed by atoms with Crippen molar-refractivity contribution < 1.29 is 64.3 Å². The summed E-state index contributed by atoms with van der Waals surface area (Å²) in [5, 5.41) is 15.9. The summed E-state index contributed by atoms with van der Waals surface area (Å²) in [6.07, 6.45) is -2.99. The second kappa shape index (κ2) is 31.8. The van der Waals surface area contributed by atoms with Gasteiger partial charge in [-0.1, -0.05) is 42.4 Å². The van der Waals surface area contributed by atoms with E-state index < -0.39 is 53.2 Å². The van der Waals surface area contributed by atoms with Gasteiger partial charge in [-0.15, -0.1) is 0 Å². The number of esters is 1. The van der Waals surface area contributed by atoms with Gasteiger partial charge >= 0.3 is 5.97 Å². The number of nitriles is 1. The highest BCUT2D eigenvalue weighted by atomic mass is 33.1. The predicted octanol–water partition coefficient (Wildman–Crippen LogP) is 5.43. The molecule has 2 fully saturated rings. The summed E-state index contributed by atoms with van der Waals surface area (Å²) in [4.78, 5) is 22.7. The molecule has 2 heterocycles. The van der Waals surface area contributed by atoms with E-state index >= 15 is 0 Å². The zero-order valence-electron chi connectivity index (χ0n) is 38.5. The SMILES string of the molecule is [2H]CC1OC([B])C(OCOC(=O)CCC(C)=O)C1OP(OCCC#N)N(C(C)C)C(C)C.[2H]CC1OC([B])C(OCSSC(C)(C)C)C1OP(C)OC.[3H]OC.[3H]OC. The largest absolute Gasteiger partial charge is 0.438 e. The fourth-order valence-electron chi connectivity index (χ4n) is 4.59. The quantitative estimate of drug-likeness (QED) is 0.0372. The van der Waals surface area contributed by atoms with Gasteiger partial charge in [-0.25, -0.2) is 4.67 Å². The number of carbonyl (C=O) groups excluding carboxylic acids is 2. The van der Waals surface area contributed by atoms with Crippen molar-refractivity contribution in [3.05, 3.63) is 0 Å². The lowest BCUT2D eigenvalue weighted by atomic mass is 9.93. The molecular weight excluding hydrogens is 792 g/mol. The highest BCUT2D eigenvalue weighted by Crippen LogP contribution is 2.49. The average Bonchev–Trinajstić information content (AvgIpc) is 3.62. The van der Waals surface area contributed by atoms with E-state index in [1.807, 2.05) is 40.4 Å². The van der Waals surface area contributed by atoms with Crippen molar-refractivity contribution in [2.45, 2.75) is 154 Å². The number of aliphatic hydroxyl groups is 2. The lowest BCUT2D eigenvalue weighted by Crippen LogP contribution is -2.40. The van der Waals surface area contributed by atoms with Gasteiger partial charge in [0.25, 0.3) is 8.53 Å². The van der Waals surface area contributed by atoms with Crippen molar-refractivity contribution in [2.75, 3.05) is 47.3 Å². The van der Waals surface area contributed by atoms with Gasteiger partial charge in [-0.3, -0.25) is 4.79 Å². The van der Waals surface area contributed by atoms with E-state index in [0.29, 0.717) is 5.94 Å². The van der Waals surface area contributed by atoms with Gasteiger partial charge in [0.15, 0.2) is 15.2 Å². The molecule has 0 aromatic carbocycles. The van der Waals surface area contributed by atoms with Crippen LogP contribution in [0.25, 0.3) is 0 Å². The Labute approximate surface area is 349 Å². The van der Waals surface area contributed by atoms with E-state index in [1.165, 1.54) is 21.1 Å². The van der Waals surface area contributed by atoms with Crippen LogP contribution in [0.15, 0.2) is 0 Å². The molecular formula is C34H66B2N2O13P2S2. The molecule has 2 rings (SSSR count). The molecule has 2 aliphatic heterocycles. The van der Waals surface area contributed by atoms with Crippen LogP contribution in [0.4, 0.5) is 0 Å². The monoisotopic (exact) mass is 864 g/mol. The topological polar surface area (TPSA) is 185 Å². The van der Waals surface area contributed by atoms with Crippen LogP contribution in [-0.2, 0) is 51.4 Å². The lowest BCUT2D eigenvalue weighted by molar-refractivity contribution is -0.165. The van der Waals surface area contributed by atoms with E-state index in [2.05, 4.69) is 35.7 Å². The third kappa shape index (κ3) is 23.9. The predicted molar refractivity (Wildman–Crippen MR) is 222 cm³/mol. The van der Waals surface area contributed by atoms with E-state index in [9.17, 15) is 9.59 Å². The molecule has 0 aromatic heterocycles. The number of Topliss-reactive ketones (excluding diaryl/α,β-unsaturated/α-hetero) is 1. The number of aliphatic hydroxyl groups excluding tert-OH is 2. The Hall–Kier alpha value is -0.120. The molecule has 10 atom stereocenters. The van der Waals surface area contributed by atoms with Crippen LogP contribution in [0.3, 0.4) is 0 Å². The summed E-state index contributed by atoms with van der Waals surface area (Å²) in [6, 6.07) is 0.789. The van der Waals surface area contributed by atoms with E-state index in [-0.39, 0.29) is 87.4 Å². The number of rotatable bonds is 21. The number of nitrogens with zero attached hydrogens (tertiary/aromatic N) is 2. The number of hydrogen-bond acceptors (Lipinski definition) is 17. The summed E-state index contributed by atoms with van der Waals surface area (Å²) in [7, 11) is 17.0. The minimum atomic E-state index is -1.61. The standard InChI is InChI=1S/C20H34BN2O7P.C12H24BO4PS2.2CH4O/c1-13(2)23(14(3)4)31(28-11-7-10-22)30-18-16(6)29-20(21)19(18)27-12-26-17(25)9-8-15(5)24;1-8-9(17-18(6)14-5)10(11(13)16-8)15-7-19-20-12(2,3)4;2*1-2/h13-14,16,18-20H,7-9,11-12H2,1-6H3;8-11H,7H2,1-6H3;2*2H,1H3/i6D;1D;2*2T. The molecule has 0 aromatic rings. The first-order valence-electron chi connectivity index (χ1n) is 19.7. The maximum Gasteiger partial charge on any atom is 0.308 e. The zero-order valence-corrected chi connectivity index (χ0v) is 37.9. The van der Waals surface area contributed by atoms with Crippen LogP contribution >= 0.6 is 38.5 Å². The molecule has 55 heavy (non-hydrogen) atoms. The molecule has 2 N–H and O–H groups in total. The van der Waals surface area contributed by atoms with Crippen LogP contribution in [0.5, 0.6) is 0 Å². The summed E-state index contributed by atoms with van der Waals surface area (Å²) in [5.74, 6) is -0.163. The third-order valence-corrected chi connectivity index (χ3v) is 13.0. The van der Waals surface area contributed by atoms with Crippen LogP contribution in [0, 0.1) is 11.3 Å². The van der Waals surface area contributed by atoms with Gasteiger partial charge in [0, 0.05) is 66.0 Å². The lowest BCUT2D eigenvalue weighted by Gasteiger charge is -2.38. The number of ether oxygens (including phenoxy) is 5. The first kappa shape index (κ1) is 49.2. The molecule has 15 nitrogen and oxygen atoms in total. The van der Waals surface area contributed by atoms with Crippen LogP contribution in [0.1, 0.15) is 91.2 Å². The fourth-order valence-corrected chi connectivity index (χ4v) is 9.03. The Balaban J connectivity index is 0. The Bertz CT molecular complexity index is 1140. The van der Waals surface area contributed by atoms with Crippen molar-refractivity contribution in [3.63, 3.8) is 0 Å². The maximum atomic E-state index is 11.7. The minimum absolute atomic E-state index is 0.0308. The number of carbonyl (C=O) groups is 2. The Kier molecular flexibility index (Phi) is 28.4. The molecule has 0 amide bonds. The van der Waals surface area contributed by atoms with Crippen molar-refractivity contribution in [3.8, 4) is 6.07 Å². The van der Waals surface area contributed by atoms with Gasteiger partial charge in [0.1, 0.15) is 51.8 Å². The van der Waals surface area contributed by atoms with Crippen LogP contribution in [-0.4, -0.2) is 158 Å². The smallest absolute Gasteiger partial charge is 0.308 e. The van der Waals surface area contributed by atoms with Crippen LogP contribution in [0.2, 0.25) is 0 Å². The Morgan fingerprint density at radius 2 is 1.53 bits per heavy atom. The molecule has 0 bridgehead atoms. The van der Waals surface area contributed by atoms with Gasteiger partial charge in [-0.05, 0) is 48.4 Å². The van der Waals surface area contributed by atoms with Gasteiger partial charge in [0.2, 0.25) is 2.86 Å². The van der Waals surface area contributed by atoms with Gasteiger partial charge in [0.05, 0.1) is 37.7 Å². The minimum Gasteiger partial charge on any atom is -0.438 e. The van der Waals surface area contributed by atoms with Gasteiger partial charge < -0.3 is 56.8 Å².